The highest BCUT2D eigenvalue weighted by Crippen LogP contribution is 2.58. The number of fused-ring (bicyclic) bond motifs is 11. The van der Waals surface area contributed by atoms with Crippen molar-refractivity contribution in [1.29, 1.82) is 0 Å². The van der Waals surface area contributed by atoms with E-state index in [4.69, 9.17) is 4.42 Å². The molecule has 5 aliphatic rings. The van der Waals surface area contributed by atoms with Crippen molar-refractivity contribution >= 4 is 68.4 Å². The van der Waals surface area contributed by atoms with Crippen LogP contribution in [-0.4, -0.2) is 6.71 Å². The summed E-state index contributed by atoms with van der Waals surface area (Å²) in [7, 11) is 0. The Hall–Kier alpha value is -5.48. The van der Waals surface area contributed by atoms with E-state index in [1.165, 1.54) is 119 Å². The fraction of sp³-hybridized carbons (Fsp3) is 0.415. The minimum absolute atomic E-state index is 0.0230. The molecule has 352 valence electrons. The van der Waals surface area contributed by atoms with E-state index in [-0.39, 0.29) is 44.6 Å². The molecular weight excluding hydrogens is 836 g/mol. The van der Waals surface area contributed by atoms with Gasteiger partial charge < -0.3 is 14.2 Å². The molecule has 0 radical (unpaired) electrons. The predicted molar refractivity (Wildman–Crippen MR) is 296 cm³/mol. The molecule has 2 aliphatic heterocycles. The zero-order valence-corrected chi connectivity index (χ0v) is 44.5. The summed E-state index contributed by atoms with van der Waals surface area (Å²) in [5.74, 6) is 0. The normalized spacial score (nSPS) is 19.6. The summed E-state index contributed by atoms with van der Waals surface area (Å²) in [6.07, 6.45) is 4.68. The lowest BCUT2D eigenvalue weighted by atomic mass is 9.35. The Bertz CT molecular complexity index is 3360. The van der Waals surface area contributed by atoms with Crippen LogP contribution in [0.25, 0.3) is 22.1 Å². The number of hydrogen-bond acceptors (Lipinski definition) is 3. The SMILES string of the molecule is CC(C)(C)c1cc2c3c(c1)N(c1cccc4c1-c1ccccc1C4(C)C)c1c(oc4ccc(C(C)(C)C)cc14)B3c1cc3c(cc1N2c1ccc2c(c1)C(C)(C)CCC2(C)C)C(C)(C)CCC3(C)C. The van der Waals surface area contributed by atoms with Crippen molar-refractivity contribution in [3.05, 3.63) is 148 Å². The summed E-state index contributed by atoms with van der Waals surface area (Å²) >= 11 is 0. The van der Waals surface area contributed by atoms with Gasteiger partial charge in [0.05, 0.1) is 17.0 Å². The molecule has 0 amide bonds. The summed E-state index contributed by atoms with van der Waals surface area (Å²) in [5.41, 5.74) is 25.9. The lowest BCUT2D eigenvalue weighted by Crippen LogP contribution is -2.61. The summed E-state index contributed by atoms with van der Waals surface area (Å²) in [6.45, 7) is 38.6. The highest BCUT2D eigenvalue weighted by atomic mass is 16.3. The first-order valence-corrected chi connectivity index (χ1v) is 26.1. The molecule has 12 rings (SSSR count). The second-order valence-corrected chi connectivity index (χ2v) is 27.2. The molecule has 7 aromatic rings. The van der Waals surface area contributed by atoms with E-state index in [0.29, 0.717) is 0 Å². The molecule has 0 unspecified atom stereocenters. The van der Waals surface area contributed by atoms with Gasteiger partial charge in [-0.3, -0.25) is 0 Å². The molecule has 3 heterocycles. The third-order valence-corrected chi connectivity index (χ3v) is 18.3. The van der Waals surface area contributed by atoms with Crippen LogP contribution >= 0.6 is 0 Å². The van der Waals surface area contributed by atoms with Crippen molar-refractivity contribution in [2.24, 2.45) is 0 Å². The average molecular weight is 909 g/mol. The van der Waals surface area contributed by atoms with Gasteiger partial charge in [0.15, 0.2) is 0 Å². The standard InChI is InChI=1S/C65H73BN2O/c1-59(2,3)38-24-27-54-42(32-38)57-58(69-54)66-49-36-47-48(64(13,14)31-30-63(47,11)12)37-51(49)67(40-25-26-44-46(35-40)62(9,10)29-28-61(44,7)8)52-33-39(60(4,5)6)34-53(56(52)66)68(57)50-23-19-22-45-55(50)41-20-17-18-21-43(41)65(45,15)16/h17-27,32-37H,28-31H2,1-16H3. The highest BCUT2D eigenvalue weighted by molar-refractivity contribution is 7.00. The van der Waals surface area contributed by atoms with E-state index in [0.717, 1.165) is 24.1 Å². The minimum atomic E-state index is -0.155. The smallest absolute Gasteiger partial charge is 0.297 e. The number of anilines is 6. The van der Waals surface area contributed by atoms with Gasteiger partial charge in [0.1, 0.15) is 5.58 Å². The van der Waals surface area contributed by atoms with Gasteiger partial charge >= 0.3 is 0 Å². The first-order chi connectivity index (χ1) is 32.2. The zero-order valence-electron chi connectivity index (χ0n) is 44.5. The molecule has 0 N–H and O–H groups in total. The zero-order chi connectivity index (χ0) is 48.9. The van der Waals surface area contributed by atoms with Crippen LogP contribution in [0.15, 0.2) is 108 Å². The molecule has 0 bridgehead atoms. The molecule has 0 fully saturated rings. The average Bonchev–Trinajstić information content (AvgIpc) is 3.77. The second-order valence-electron chi connectivity index (χ2n) is 27.2. The third-order valence-electron chi connectivity index (χ3n) is 18.3. The monoisotopic (exact) mass is 909 g/mol. The summed E-state index contributed by atoms with van der Waals surface area (Å²) < 4.78 is 7.59. The van der Waals surface area contributed by atoms with Crippen LogP contribution in [0.5, 0.6) is 0 Å². The van der Waals surface area contributed by atoms with Gasteiger partial charge in [-0.25, -0.2) is 0 Å². The molecule has 0 saturated heterocycles. The minimum Gasteiger partial charge on any atom is -0.468 e. The Labute approximate surface area is 413 Å². The van der Waals surface area contributed by atoms with Gasteiger partial charge in [0.2, 0.25) is 0 Å². The fourth-order valence-electron chi connectivity index (χ4n) is 13.6. The molecule has 3 nitrogen and oxygen atoms in total. The van der Waals surface area contributed by atoms with E-state index >= 15 is 0 Å². The number of rotatable bonds is 2. The Morgan fingerprint density at radius 1 is 0.478 bits per heavy atom. The van der Waals surface area contributed by atoms with Crippen LogP contribution in [0.2, 0.25) is 0 Å². The van der Waals surface area contributed by atoms with Crippen molar-refractivity contribution in [3.8, 4) is 11.1 Å². The number of furan rings is 1. The molecule has 69 heavy (non-hydrogen) atoms. The molecular formula is C65H73BN2O. The Balaban J connectivity index is 1.26. The predicted octanol–water partition coefficient (Wildman–Crippen LogP) is 16.1. The Kier molecular flexibility index (Phi) is 9.00. The summed E-state index contributed by atoms with van der Waals surface area (Å²) in [4.78, 5) is 5.37. The molecule has 0 saturated carbocycles. The number of hydrogen-bond donors (Lipinski definition) is 0. The maximum Gasteiger partial charge on any atom is 0.297 e. The van der Waals surface area contributed by atoms with Crippen LogP contribution in [0.1, 0.15) is 181 Å². The van der Waals surface area contributed by atoms with Gasteiger partial charge in [-0.05, 0) is 168 Å². The second kappa shape index (κ2) is 13.9. The van der Waals surface area contributed by atoms with E-state index in [9.17, 15) is 0 Å². The van der Waals surface area contributed by atoms with Gasteiger partial charge in [0.25, 0.3) is 6.71 Å². The maximum absolute atomic E-state index is 7.59. The first kappa shape index (κ1) is 44.7. The van der Waals surface area contributed by atoms with E-state index in [1.807, 2.05) is 0 Å². The van der Waals surface area contributed by atoms with Crippen molar-refractivity contribution in [2.45, 2.75) is 174 Å². The van der Waals surface area contributed by atoms with E-state index < -0.39 is 0 Å². The largest absolute Gasteiger partial charge is 0.468 e. The fourth-order valence-corrected chi connectivity index (χ4v) is 13.6. The first-order valence-electron chi connectivity index (χ1n) is 26.1. The molecule has 0 spiro atoms. The van der Waals surface area contributed by atoms with Crippen LogP contribution in [0.4, 0.5) is 34.1 Å². The molecule has 4 heteroatoms. The van der Waals surface area contributed by atoms with Gasteiger partial charge in [-0.1, -0.05) is 165 Å². The molecule has 0 atom stereocenters. The summed E-state index contributed by atoms with van der Waals surface area (Å²) in [6, 6.07) is 41.2. The Morgan fingerprint density at radius 3 is 1.71 bits per heavy atom. The third kappa shape index (κ3) is 6.24. The van der Waals surface area contributed by atoms with Crippen molar-refractivity contribution in [2.75, 3.05) is 9.80 Å². The van der Waals surface area contributed by atoms with Gasteiger partial charge in [-0.15, -0.1) is 0 Å². The number of nitrogens with zero attached hydrogens (tertiary/aromatic N) is 2. The van der Waals surface area contributed by atoms with E-state index in [1.54, 1.807) is 0 Å². The Morgan fingerprint density at radius 2 is 1.06 bits per heavy atom. The summed E-state index contributed by atoms with van der Waals surface area (Å²) in [5, 5.41) is 1.18. The van der Waals surface area contributed by atoms with Crippen LogP contribution in [0.3, 0.4) is 0 Å². The van der Waals surface area contributed by atoms with E-state index in [2.05, 4.69) is 224 Å². The van der Waals surface area contributed by atoms with Crippen LogP contribution in [0, 0.1) is 0 Å². The number of benzene rings is 6. The lowest BCUT2D eigenvalue weighted by Gasteiger charge is -2.47. The topological polar surface area (TPSA) is 19.6 Å². The highest BCUT2D eigenvalue weighted by Gasteiger charge is 2.51. The van der Waals surface area contributed by atoms with Crippen molar-refractivity contribution in [3.63, 3.8) is 0 Å². The van der Waals surface area contributed by atoms with Crippen LogP contribution in [-0.2, 0) is 37.9 Å². The van der Waals surface area contributed by atoms with Crippen LogP contribution < -0.4 is 26.4 Å². The molecule has 6 aromatic carbocycles. The maximum atomic E-state index is 7.59. The van der Waals surface area contributed by atoms with Gasteiger partial charge in [-0.2, -0.15) is 0 Å². The molecule has 3 aliphatic carbocycles. The molecule has 1 aromatic heterocycles. The quantitative estimate of drug-likeness (QED) is 0.161. The lowest BCUT2D eigenvalue weighted by molar-refractivity contribution is 0.332. The van der Waals surface area contributed by atoms with Crippen molar-refractivity contribution in [1.82, 2.24) is 0 Å². The van der Waals surface area contributed by atoms with Crippen molar-refractivity contribution < 1.29 is 4.42 Å². The van der Waals surface area contributed by atoms with Gasteiger partial charge in [0, 0.05) is 39.1 Å².